The summed E-state index contributed by atoms with van der Waals surface area (Å²) in [4.78, 5) is 41.9. The Bertz CT molecular complexity index is 822. The van der Waals surface area contributed by atoms with Gasteiger partial charge in [0.05, 0.1) is 25.7 Å². The topological polar surface area (TPSA) is 88.2 Å². The van der Waals surface area contributed by atoms with Crippen molar-refractivity contribution in [2.45, 2.75) is 64.5 Å². The van der Waals surface area contributed by atoms with E-state index in [0.29, 0.717) is 57.7 Å². The summed E-state index contributed by atoms with van der Waals surface area (Å²) in [6, 6.07) is 7.31. The van der Waals surface area contributed by atoms with Crippen LogP contribution in [0, 0.1) is 5.92 Å². The van der Waals surface area contributed by atoms with E-state index in [-0.39, 0.29) is 35.9 Å². The lowest BCUT2D eigenvalue weighted by Crippen LogP contribution is -2.52. The highest BCUT2D eigenvalue weighted by atomic mass is 16.6. The summed E-state index contributed by atoms with van der Waals surface area (Å²) < 4.78 is 10.7. The Morgan fingerprint density at radius 2 is 1.85 bits per heavy atom. The number of nitrogens with one attached hydrogen (secondary N) is 1. The summed E-state index contributed by atoms with van der Waals surface area (Å²) >= 11 is 0. The molecule has 2 aliphatic rings. The zero-order chi connectivity index (χ0) is 23.8. The lowest BCUT2D eigenvalue weighted by molar-refractivity contribution is -0.143. The average molecular weight is 460 g/mol. The highest BCUT2D eigenvalue weighted by Gasteiger charge is 2.42. The largest absolute Gasteiger partial charge is 0.496 e. The quantitative estimate of drug-likeness (QED) is 0.643. The number of carbonyl (C=O) groups is 3. The van der Waals surface area contributed by atoms with Crippen LogP contribution in [0.1, 0.15) is 64.0 Å². The molecule has 0 aromatic heterocycles. The summed E-state index contributed by atoms with van der Waals surface area (Å²) in [5.74, 6) is 0.402. The minimum Gasteiger partial charge on any atom is -0.496 e. The van der Waals surface area contributed by atoms with Gasteiger partial charge in [0, 0.05) is 37.7 Å². The summed E-state index contributed by atoms with van der Waals surface area (Å²) in [5, 5.41) is 3.21. The van der Waals surface area contributed by atoms with Gasteiger partial charge in [0.15, 0.2) is 0 Å². The second-order valence-electron chi connectivity index (χ2n) is 8.74. The molecule has 8 nitrogen and oxygen atoms in total. The van der Waals surface area contributed by atoms with E-state index in [2.05, 4.69) is 12.2 Å². The first-order valence-electron chi connectivity index (χ1n) is 12.1. The van der Waals surface area contributed by atoms with Crippen LogP contribution in [-0.2, 0) is 14.3 Å². The van der Waals surface area contributed by atoms with Gasteiger partial charge in [-0.15, -0.1) is 0 Å². The van der Waals surface area contributed by atoms with Crippen molar-refractivity contribution in [1.82, 2.24) is 15.1 Å². The highest BCUT2D eigenvalue weighted by molar-refractivity contribution is 5.85. The molecule has 0 bridgehead atoms. The molecule has 8 heteroatoms. The van der Waals surface area contributed by atoms with Crippen LogP contribution in [0.4, 0.5) is 4.79 Å². The molecule has 2 atom stereocenters. The maximum Gasteiger partial charge on any atom is 0.409 e. The van der Waals surface area contributed by atoms with E-state index in [4.69, 9.17) is 9.47 Å². The fourth-order valence-electron chi connectivity index (χ4n) is 4.84. The molecule has 2 saturated heterocycles. The molecule has 0 spiro atoms. The Kier molecular flexibility index (Phi) is 8.97. The Labute approximate surface area is 196 Å². The molecule has 2 heterocycles. The molecule has 182 valence electrons. The second kappa shape index (κ2) is 11.9. The maximum atomic E-state index is 13.5. The third kappa shape index (κ3) is 5.97. The SMILES string of the molecule is CCCCN1C(=O)CC[C@H](C(=O)NC2CCN(C(=O)OCC)CC2)[C@H]1c1ccccc1OC. The first kappa shape index (κ1) is 24.9. The number of hydrogen-bond acceptors (Lipinski definition) is 5. The normalized spacial score (nSPS) is 21.6. The van der Waals surface area contributed by atoms with E-state index in [1.165, 1.54) is 0 Å². The molecule has 0 unspecified atom stereocenters. The van der Waals surface area contributed by atoms with Crippen LogP contribution in [0.3, 0.4) is 0 Å². The van der Waals surface area contributed by atoms with Gasteiger partial charge >= 0.3 is 6.09 Å². The molecule has 3 rings (SSSR count). The number of likely N-dealkylation sites (tertiary alicyclic amines) is 2. The van der Waals surface area contributed by atoms with Crippen molar-refractivity contribution in [2.75, 3.05) is 33.4 Å². The van der Waals surface area contributed by atoms with Gasteiger partial charge in [0.2, 0.25) is 11.8 Å². The Morgan fingerprint density at radius 3 is 2.52 bits per heavy atom. The Hall–Kier alpha value is -2.77. The van der Waals surface area contributed by atoms with Crippen LogP contribution in [0.5, 0.6) is 5.75 Å². The van der Waals surface area contributed by atoms with E-state index < -0.39 is 0 Å². The summed E-state index contributed by atoms with van der Waals surface area (Å²) in [6.07, 6.45) is 3.82. The Morgan fingerprint density at radius 1 is 1.12 bits per heavy atom. The van der Waals surface area contributed by atoms with Crippen molar-refractivity contribution in [3.63, 3.8) is 0 Å². The van der Waals surface area contributed by atoms with Crippen LogP contribution in [0.2, 0.25) is 0 Å². The molecular weight excluding hydrogens is 422 g/mol. The van der Waals surface area contributed by atoms with Crippen LogP contribution in [-0.4, -0.2) is 67.1 Å². The number of benzene rings is 1. The van der Waals surface area contributed by atoms with Crippen molar-refractivity contribution in [2.24, 2.45) is 5.92 Å². The number of carbonyl (C=O) groups excluding carboxylic acids is 3. The van der Waals surface area contributed by atoms with E-state index >= 15 is 0 Å². The number of methoxy groups -OCH3 is 1. The zero-order valence-corrected chi connectivity index (χ0v) is 20.0. The number of nitrogens with zero attached hydrogens (tertiary/aromatic N) is 2. The summed E-state index contributed by atoms with van der Waals surface area (Å²) in [5.41, 5.74) is 0.876. The monoisotopic (exact) mass is 459 g/mol. The smallest absolute Gasteiger partial charge is 0.409 e. The van der Waals surface area contributed by atoms with Gasteiger partial charge < -0.3 is 24.6 Å². The van der Waals surface area contributed by atoms with Crippen molar-refractivity contribution in [3.8, 4) is 5.75 Å². The molecule has 2 aliphatic heterocycles. The van der Waals surface area contributed by atoms with E-state index in [1.807, 2.05) is 29.2 Å². The maximum absolute atomic E-state index is 13.5. The molecule has 3 amide bonds. The summed E-state index contributed by atoms with van der Waals surface area (Å²) in [7, 11) is 1.62. The van der Waals surface area contributed by atoms with E-state index in [1.54, 1.807) is 18.9 Å². The second-order valence-corrected chi connectivity index (χ2v) is 8.74. The fraction of sp³-hybridized carbons (Fsp3) is 0.640. The van der Waals surface area contributed by atoms with Crippen LogP contribution in [0.25, 0.3) is 0 Å². The predicted octanol–water partition coefficient (Wildman–Crippen LogP) is 3.51. The molecule has 1 N–H and O–H groups in total. The lowest BCUT2D eigenvalue weighted by atomic mass is 9.82. The molecule has 1 aromatic carbocycles. The van der Waals surface area contributed by atoms with Crippen molar-refractivity contribution < 1.29 is 23.9 Å². The van der Waals surface area contributed by atoms with Crippen molar-refractivity contribution in [1.29, 1.82) is 0 Å². The predicted molar refractivity (Wildman–Crippen MR) is 125 cm³/mol. The molecule has 33 heavy (non-hydrogen) atoms. The summed E-state index contributed by atoms with van der Waals surface area (Å²) in [6.45, 7) is 5.99. The number of para-hydroxylation sites is 1. The number of unbranched alkanes of at least 4 members (excludes halogenated alkanes) is 1. The molecule has 0 aliphatic carbocycles. The van der Waals surface area contributed by atoms with Crippen LogP contribution < -0.4 is 10.1 Å². The van der Waals surface area contributed by atoms with Gasteiger partial charge in [-0.2, -0.15) is 0 Å². The number of amides is 3. The van der Waals surface area contributed by atoms with Gasteiger partial charge in [-0.05, 0) is 38.7 Å². The molecule has 0 saturated carbocycles. The number of ether oxygens (including phenoxy) is 2. The minimum atomic E-state index is -0.353. The molecule has 2 fully saturated rings. The number of hydrogen-bond donors (Lipinski definition) is 1. The average Bonchev–Trinajstić information content (AvgIpc) is 2.83. The molecule has 1 aromatic rings. The zero-order valence-electron chi connectivity index (χ0n) is 20.0. The molecular formula is C25H37N3O5. The third-order valence-electron chi connectivity index (χ3n) is 6.62. The van der Waals surface area contributed by atoms with Gasteiger partial charge in [-0.25, -0.2) is 4.79 Å². The van der Waals surface area contributed by atoms with Crippen LogP contribution >= 0.6 is 0 Å². The van der Waals surface area contributed by atoms with Crippen molar-refractivity contribution in [3.05, 3.63) is 29.8 Å². The van der Waals surface area contributed by atoms with Gasteiger partial charge in [-0.1, -0.05) is 31.5 Å². The Balaban J connectivity index is 1.75. The minimum absolute atomic E-state index is 0.00298. The first-order chi connectivity index (χ1) is 16.0. The number of piperidine rings is 2. The number of rotatable bonds is 8. The first-order valence-corrected chi connectivity index (χ1v) is 12.1. The molecule has 0 radical (unpaired) electrons. The third-order valence-corrected chi connectivity index (χ3v) is 6.62. The van der Waals surface area contributed by atoms with Gasteiger partial charge in [0.25, 0.3) is 0 Å². The van der Waals surface area contributed by atoms with Crippen molar-refractivity contribution >= 4 is 17.9 Å². The fourth-order valence-corrected chi connectivity index (χ4v) is 4.84. The van der Waals surface area contributed by atoms with E-state index in [9.17, 15) is 14.4 Å². The van der Waals surface area contributed by atoms with Gasteiger partial charge in [0.1, 0.15) is 5.75 Å². The van der Waals surface area contributed by atoms with Crippen LogP contribution in [0.15, 0.2) is 24.3 Å². The van der Waals surface area contributed by atoms with E-state index in [0.717, 1.165) is 18.4 Å². The standard InChI is InChI=1S/C25H37N3O5/c1-4-6-15-28-22(29)12-11-20(23(28)19-9-7-8-10-21(19)32-3)24(30)26-18-13-16-27(17-14-18)25(31)33-5-2/h7-10,18,20,23H,4-6,11-17H2,1-3H3,(H,26,30)/t20-,23+/m0/s1. The lowest BCUT2D eigenvalue weighted by Gasteiger charge is -2.42. The van der Waals surface area contributed by atoms with Gasteiger partial charge in [-0.3, -0.25) is 9.59 Å². The highest BCUT2D eigenvalue weighted by Crippen LogP contribution is 2.41.